The van der Waals surface area contributed by atoms with Crippen LogP contribution in [-0.2, 0) is 11.3 Å². The summed E-state index contributed by atoms with van der Waals surface area (Å²) in [7, 11) is 0. The Morgan fingerprint density at radius 2 is 2.12 bits per heavy atom. The highest BCUT2D eigenvalue weighted by Crippen LogP contribution is 2.08. The van der Waals surface area contributed by atoms with E-state index in [0.717, 1.165) is 11.3 Å². The first-order valence-corrected chi connectivity index (χ1v) is 6.13. The molecular weight excluding hydrogens is 331 g/mol. The normalized spacial score (nSPS) is 10.2. The Morgan fingerprint density at radius 1 is 1.41 bits per heavy atom. The topological polar surface area (TPSA) is 59.8 Å². The molecule has 1 heterocycles. The lowest BCUT2D eigenvalue weighted by Crippen LogP contribution is -2.19. The van der Waals surface area contributed by atoms with Crippen molar-refractivity contribution in [3.05, 3.63) is 40.0 Å². The largest absolute Gasteiger partial charge is 0.324 e. The minimum absolute atomic E-state index is 0.116. The number of nitrogens with zero attached hydrogens (tertiary/aromatic N) is 3. The zero-order valence-electron chi connectivity index (χ0n) is 9.22. The monoisotopic (exact) mass is 342 g/mol. The van der Waals surface area contributed by atoms with Crippen LogP contribution >= 0.6 is 22.6 Å². The highest BCUT2D eigenvalue weighted by Gasteiger charge is 2.05. The second kappa shape index (κ2) is 5.26. The average Bonchev–Trinajstić information content (AvgIpc) is 2.67. The summed E-state index contributed by atoms with van der Waals surface area (Å²) in [5.74, 6) is -0.116. The van der Waals surface area contributed by atoms with Crippen LogP contribution in [0.2, 0.25) is 0 Å². The van der Waals surface area contributed by atoms with Crippen LogP contribution in [-0.4, -0.2) is 20.7 Å². The summed E-state index contributed by atoms with van der Waals surface area (Å²) in [5, 5.41) is 6.83. The molecule has 0 fully saturated rings. The van der Waals surface area contributed by atoms with E-state index in [-0.39, 0.29) is 12.5 Å². The van der Waals surface area contributed by atoms with Crippen LogP contribution in [0, 0.1) is 10.8 Å². The number of aromatic nitrogens is 3. The van der Waals surface area contributed by atoms with Crippen molar-refractivity contribution in [2.75, 3.05) is 5.32 Å². The van der Waals surface area contributed by atoms with Gasteiger partial charge in [-0.3, -0.25) is 4.79 Å². The van der Waals surface area contributed by atoms with Gasteiger partial charge in [-0.25, -0.2) is 9.67 Å². The van der Waals surface area contributed by atoms with Crippen molar-refractivity contribution in [1.82, 2.24) is 14.8 Å². The minimum atomic E-state index is -0.116. The summed E-state index contributed by atoms with van der Waals surface area (Å²) in [6, 6.07) is 7.65. The van der Waals surface area contributed by atoms with Crippen LogP contribution in [0.4, 0.5) is 5.69 Å². The second-order valence-corrected chi connectivity index (χ2v) is 4.59. The molecule has 0 bridgehead atoms. The average molecular weight is 342 g/mol. The summed E-state index contributed by atoms with van der Waals surface area (Å²) in [5.41, 5.74) is 1.95. The Balaban J connectivity index is 1.95. The summed E-state index contributed by atoms with van der Waals surface area (Å²) < 4.78 is 2.14. The standard InChI is InChI=1S/C11H11IN4O/c1-8-2-4-9(5-3-8)14-10(17)6-16-7-13-11(12)15-16/h2-5,7H,6H2,1H3,(H,14,17). The molecule has 1 aromatic carbocycles. The number of carbonyl (C=O) groups excluding carboxylic acids is 1. The van der Waals surface area contributed by atoms with Gasteiger partial charge in [0, 0.05) is 28.3 Å². The first-order chi connectivity index (χ1) is 8.13. The van der Waals surface area contributed by atoms with E-state index in [9.17, 15) is 4.79 Å². The molecule has 1 aromatic heterocycles. The molecule has 2 aromatic rings. The van der Waals surface area contributed by atoms with Crippen molar-refractivity contribution in [3.8, 4) is 0 Å². The molecule has 1 N–H and O–H groups in total. The van der Waals surface area contributed by atoms with E-state index in [1.165, 1.54) is 11.0 Å². The minimum Gasteiger partial charge on any atom is -0.324 e. The summed E-state index contributed by atoms with van der Waals surface area (Å²) in [6.45, 7) is 2.17. The zero-order valence-corrected chi connectivity index (χ0v) is 11.4. The zero-order chi connectivity index (χ0) is 12.3. The summed E-state index contributed by atoms with van der Waals surface area (Å²) in [6.07, 6.45) is 1.54. The number of anilines is 1. The third kappa shape index (κ3) is 3.52. The lowest BCUT2D eigenvalue weighted by Gasteiger charge is -2.05. The third-order valence-corrected chi connectivity index (χ3v) is 2.64. The molecule has 2 rings (SSSR count). The molecule has 5 nitrogen and oxygen atoms in total. The number of rotatable bonds is 3. The van der Waals surface area contributed by atoms with E-state index < -0.39 is 0 Å². The van der Waals surface area contributed by atoms with Crippen LogP contribution < -0.4 is 5.32 Å². The fraction of sp³-hybridized carbons (Fsp3) is 0.182. The molecular formula is C11H11IN4O. The molecule has 0 atom stereocenters. The maximum atomic E-state index is 11.7. The Labute approximate surface area is 112 Å². The van der Waals surface area contributed by atoms with Crippen molar-refractivity contribution in [1.29, 1.82) is 0 Å². The van der Waals surface area contributed by atoms with Gasteiger partial charge in [-0.15, -0.1) is 5.10 Å². The summed E-state index contributed by atoms with van der Waals surface area (Å²) in [4.78, 5) is 15.6. The van der Waals surface area contributed by atoms with Crippen molar-refractivity contribution in [2.24, 2.45) is 0 Å². The fourth-order valence-corrected chi connectivity index (χ4v) is 1.73. The fourth-order valence-electron chi connectivity index (χ4n) is 1.33. The highest BCUT2D eigenvalue weighted by atomic mass is 127. The van der Waals surface area contributed by atoms with E-state index >= 15 is 0 Å². The Bertz CT molecular complexity index is 521. The van der Waals surface area contributed by atoms with Crippen LogP contribution in [0.25, 0.3) is 0 Å². The molecule has 0 aliphatic heterocycles. The number of benzene rings is 1. The lowest BCUT2D eigenvalue weighted by molar-refractivity contribution is -0.116. The SMILES string of the molecule is Cc1ccc(NC(=O)Cn2cnc(I)n2)cc1. The number of hydrogen-bond acceptors (Lipinski definition) is 3. The van der Waals surface area contributed by atoms with Crippen LogP contribution in [0.5, 0.6) is 0 Å². The molecule has 0 aliphatic carbocycles. The second-order valence-electron chi connectivity index (χ2n) is 3.63. The van der Waals surface area contributed by atoms with Crippen molar-refractivity contribution in [2.45, 2.75) is 13.5 Å². The van der Waals surface area contributed by atoms with Gasteiger partial charge in [-0.2, -0.15) is 0 Å². The van der Waals surface area contributed by atoms with Gasteiger partial charge in [0.15, 0.2) is 0 Å². The van der Waals surface area contributed by atoms with Crippen molar-refractivity contribution >= 4 is 34.2 Å². The number of amides is 1. The Kier molecular flexibility index (Phi) is 3.72. The molecule has 0 spiro atoms. The molecule has 6 heteroatoms. The van der Waals surface area contributed by atoms with E-state index in [1.807, 2.05) is 53.8 Å². The van der Waals surface area contributed by atoms with E-state index in [4.69, 9.17) is 0 Å². The van der Waals surface area contributed by atoms with Gasteiger partial charge in [0.25, 0.3) is 0 Å². The molecule has 0 saturated carbocycles. The first-order valence-electron chi connectivity index (χ1n) is 5.05. The van der Waals surface area contributed by atoms with E-state index in [0.29, 0.717) is 3.83 Å². The Hall–Kier alpha value is -1.44. The maximum Gasteiger partial charge on any atom is 0.246 e. The number of carbonyl (C=O) groups is 1. The quantitative estimate of drug-likeness (QED) is 0.866. The third-order valence-electron chi connectivity index (χ3n) is 2.15. The molecule has 0 radical (unpaired) electrons. The number of nitrogens with one attached hydrogen (secondary N) is 1. The van der Waals surface area contributed by atoms with Gasteiger partial charge < -0.3 is 5.32 Å². The molecule has 17 heavy (non-hydrogen) atoms. The first kappa shape index (κ1) is 12.0. The lowest BCUT2D eigenvalue weighted by atomic mass is 10.2. The van der Waals surface area contributed by atoms with Crippen LogP contribution in [0.1, 0.15) is 5.56 Å². The highest BCUT2D eigenvalue weighted by molar-refractivity contribution is 14.1. The molecule has 88 valence electrons. The van der Waals surface area contributed by atoms with E-state index in [2.05, 4.69) is 15.4 Å². The Morgan fingerprint density at radius 3 is 2.71 bits per heavy atom. The number of aryl methyl sites for hydroxylation is 1. The number of halogens is 1. The van der Waals surface area contributed by atoms with Crippen LogP contribution in [0.15, 0.2) is 30.6 Å². The van der Waals surface area contributed by atoms with Crippen molar-refractivity contribution < 1.29 is 4.79 Å². The maximum absolute atomic E-state index is 11.7. The van der Waals surface area contributed by atoms with Crippen LogP contribution in [0.3, 0.4) is 0 Å². The molecule has 0 saturated heterocycles. The number of hydrogen-bond donors (Lipinski definition) is 1. The van der Waals surface area contributed by atoms with Crippen molar-refractivity contribution in [3.63, 3.8) is 0 Å². The van der Waals surface area contributed by atoms with Gasteiger partial charge in [0.1, 0.15) is 12.9 Å². The predicted octanol–water partition coefficient (Wildman–Crippen LogP) is 1.83. The molecule has 0 unspecified atom stereocenters. The van der Waals surface area contributed by atoms with Gasteiger partial charge in [0.05, 0.1) is 0 Å². The van der Waals surface area contributed by atoms with Gasteiger partial charge in [-0.1, -0.05) is 17.7 Å². The van der Waals surface area contributed by atoms with Gasteiger partial charge >= 0.3 is 0 Å². The predicted molar refractivity (Wildman–Crippen MR) is 72.5 cm³/mol. The van der Waals surface area contributed by atoms with Gasteiger partial charge in [0.2, 0.25) is 9.74 Å². The smallest absolute Gasteiger partial charge is 0.246 e. The molecule has 1 amide bonds. The summed E-state index contributed by atoms with van der Waals surface area (Å²) >= 11 is 2.00. The van der Waals surface area contributed by atoms with E-state index in [1.54, 1.807) is 0 Å². The van der Waals surface area contributed by atoms with Gasteiger partial charge in [-0.05, 0) is 19.1 Å². The molecule has 0 aliphatic rings.